The molecule has 18 heavy (non-hydrogen) atoms. The normalized spacial score (nSPS) is 10.3. The van der Waals surface area contributed by atoms with Gasteiger partial charge in [-0.2, -0.15) is 0 Å². The lowest BCUT2D eigenvalue weighted by Gasteiger charge is -2.14. The Morgan fingerprint density at radius 1 is 1.39 bits per heavy atom. The van der Waals surface area contributed by atoms with E-state index in [0.717, 1.165) is 17.7 Å². The van der Waals surface area contributed by atoms with Gasteiger partial charge < -0.3 is 9.47 Å². The highest BCUT2D eigenvalue weighted by Gasteiger charge is 2.10. The predicted molar refractivity (Wildman–Crippen MR) is 72.2 cm³/mol. The molecule has 0 radical (unpaired) electrons. The summed E-state index contributed by atoms with van der Waals surface area (Å²) in [6.45, 7) is 6.41. The maximum atomic E-state index is 11.5. The van der Waals surface area contributed by atoms with Crippen molar-refractivity contribution in [3.63, 3.8) is 0 Å². The molecule has 0 unspecified atom stereocenters. The third-order valence-electron chi connectivity index (χ3n) is 2.46. The van der Waals surface area contributed by atoms with E-state index in [2.05, 4.69) is 19.2 Å². The van der Waals surface area contributed by atoms with Gasteiger partial charge in [-0.05, 0) is 30.9 Å². The fourth-order valence-corrected chi connectivity index (χ4v) is 1.69. The van der Waals surface area contributed by atoms with Gasteiger partial charge in [-0.1, -0.05) is 19.9 Å². The van der Waals surface area contributed by atoms with Crippen LogP contribution in [0.3, 0.4) is 0 Å². The number of rotatable bonds is 5. The number of amides is 1. The van der Waals surface area contributed by atoms with Gasteiger partial charge >= 0.3 is 6.09 Å². The molecular formula is C14H21NO3. The fourth-order valence-electron chi connectivity index (χ4n) is 1.69. The van der Waals surface area contributed by atoms with Crippen LogP contribution in [0, 0.1) is 5.92 Å². The Kier molecular flexibility index (Phi) is 5.49. The molecule has 0 aliphatic heterocycles. The predicted octanol–water partition coefficient (Wildman–Crippen LogP) is 3.46. The van der Waals surface area contributed by atoms with E-state index in [1.165, 1.54) is 0 Å². The Hall–Kier alpha value is -1.71. The van der Waals surface area contributed by atoms with Crippen LogP contribution in [0.4, 0.5) is 10.5 Å². The van der Waals surface area contributed by atoms with Crippen molar-refractivity contribution >= 4 is 11.8 Å². The smallest absolute Gasteiger partial charge is 0.411 e. The van der Waals surface area contributed by atoms with Gasteiger partial charge in [-0.25, -0.2) is 4.79 Å². The van der Waals surface area contributed by atoms with Crippen LogP contribution in [-0.4, -0.2) is 19.8 Å². The summed E-state index contributed by atoms with van der Waals surface area (Å²) in [5, 5.41) is 2.75. The molecular weight excluding hydrogens is 230 g/mol. The first-order chi connectivity index (χ1) is 8.56. The number of anilines is 1. The van der Waals surface area contributed by atoms with Gasteiger partial charge in [0.05, 0.1) is 19.4 Å². The second kappa shape index (κ2) is 6.89. The van der Waals surface area contributed by atoms with E-state index in [9.17, 15) is 4.79 Å². The van der Waals surface area contributed by atoms with Crippen LogP contribution in [0.25, 0.3) is 0 Å². The Morgan fingerprint density at radius 3 is 2.67 bits per heavy atom. The van der Waals surface area contributed by atoms with Gasteiger partial charge in [0.25, 0.3) is 0 Å². The lowest BCUT2D eigenvalue weighted by molar-refractivity contribution is 0.168. The van der Waals surface area contributed by atoms with Gasteiger partial charge in [0.1, 0.15) is 5.75 Å². The molecule has 0 heterocycles. The van der Waals surface area contributed by atoms with Crippen molar-refractivity contribution in [2.75, 3.05) is 19.0 Å². The maximum Gasteiger partial charge on any atom is 0.411 e. The third-order valence-corrected chi connectivity index (χ3v) is 2.46. The van der Waals surface area contributed by atoms with Crippen molar-refractivity contribution in [3.8, 4) is 5.75 Å². The molecule has 0 aliphatic carbocycles. The zero-order chi connectivity index (χ0) is 13.5. The lowest BCUT2D eigenvalue weighted by atomic mass is 10.0. The monoisotopic (exact) mass is 251 g/mol. The van der Waals surface area contributed by atoms with Crippen LogP contribution in [0.5, 0.6) is 5.75 Å². The second-order valence-electron chi connectivity index (χ2n) is 4.47. The summed E-state index contributed by atoms with van der Waals surface area (Å²) in [5.74, 6) is 1.23. The molecule has 4 heteroatoms. The number of ether oxygens (including phenoxy) is 2. The van der Waals surface area contributed by atoms with Crippen LogP contribution in [0.15, 0.2) is 18.2 Å². The summed E-state index contributed by atoms with van der Waals surface area (Å²) in [5.41, 5.74) is 1.83. The molecule has 100 valence electrons. The Labute approximate surface area is 108 Å². The Bertz CT molecular complexity index is 402. The summed E-state index contributed by atoms with van der Waals surface area (Å²) < 4.78 is 10.1. The summed E-state index contributed by atoms with van der Waals surface area (Å²) in [6.07, 6.45) is 0.460. The number of methoxy groups -OCH3 is 1. The largest absolute Gasteiger partial charge is 0.497 e. The molecule has 0 saturated heterocycles. The van der Waals surface area contributed by atoms with Crippen molar-refractivity contribution < 1.29 is 14.3 Å². The van der Waals surface area contributed by atoms with Crippen LogP contribution >= 0.6 is 0 Å². The van der Waals surface area contributed by atoms with Gasteiger partial charge in [0, 0.05) is 6.07 Å². The van der Waals surface area contributed by atoms with Crippen LogP contribution in [0.1, 0.15) is 26.3 Å². The zero-order valence-corrected chi connectivity index (χ0v) is 11.4. The molecule has 0 spiro atoms. The number of carbonyl (C=O) groups excluding carboxylic acids is 1. The molecule has 0 bridgehead atoms. The molecule has 0 aliphatic rings. The SMILES string of the molecule is CCOC(=O)Nc1cc(OC)ccc1CC(C)C. The first-order valence-corrected chi connectivity index (χ1v) is 6.17. The van der Waals surface area contributed by atoms with Gasteiger partial charge in [-0.15, -0.1) is 0 Å². The van der Waals surface area contributed by atoms with E-state index >= 15 is 0 Å². The van der Waals surface area contributed by atoms with E-state index in [1.54, 1.807) is 14.0 Å². The van der Waals surface area contributed by atoms with E-state index in [-0.39, 0.29) is 0 Å². The van der Waals surface area contributed by atoms with E-state index in [1.807, 2.05) is 18.2 Å². The topological polar surface area (TPSA) is 47.6 Å². The number of nitrogens with one attached hydrogen (secondary N) is 1. The van der Waals surface area contributed by atoms with Crippen molar-refractivity contribution in [2.24, 2.45) is 5.92 Å². The summed E-state index contributed by atoms with van der Waals surface area (Å²) in [4.78, 5) is 11.5. The number of carbonyl (C=O) groups is 1. The van der Waals surface area contributed by atoms with Crippen molar-refractivity contribution in [3.05, 3.63) is 23.8 Å². The minimum atomic E-state index is -0.434. The highest BCUT2D eigenvalue weighted by molar-refractivity contribution is 5.86. The number of benzene rings is 1. The van der Waals surface area contributed by atoms with Gasteiger partial charge in [0.15, 0.2) is 0 Å². The zero-order valence-electron chi connectivity index (χ0n) is 11.4. The summed E-state index contributed by atoms with van der Waals surface area (Å²) in [6, 6.07) is 5.68. The number of hydrogen-bond acceptors (Lipinski definition) is 3. The van der Waals surface area contributed by atoms with Crippen molar-refractivity contribution in [2.45, 2.75) is 27.2 Å². The molecule has 0 fully saturated rings. The van der Waals surface area contributed by atoms with Crippen molar-refractivity contribution in [1.82, 2.24) is 0 Å². The van der Waals surface area contributed by atoms with E-state index in [4.69, 9.17) is 9.47 Å². The van der Waals surface area contributed by atoms with Gasteiger partial charge in [0.2, 0.25) is 0 Å². The van der Waals surface area contributed by atoms with Crippen LogP contribution < -0.4 is 10.1 Å². The molecule has 1 amide bonds. The van der Waals surface area contributed by atoms with E-state index in [0.29, 0.717) is 18.3 Å². The maximum absolute atomic E-state index is 11.5. The standard InChI is InChI=1S/C14H21NO3/c1-5-18-14(16)15-13-9-12(17-4)7-6-11(13)8-10(2)3/h6-7,9-10H,5,8H2,1-4H3,(H,15,16). The Morgan fingerprint density at radius 2 is 2.11 bits per heavy atom. The average Bonchev–Trinajstić information content (AvgIpc) is 2.31. The fraction of sp³-hybridized carbons (Fsp3) is 0.500. The molecule has 0 saturated carbocycles. The highest BCUT2D eigenvalue weighted by Crippen LogP contribution is 2.25. The summed E-state index contributed by atoms with van der Waals surface area (Å²) >= 11 is 0. The van der Waals surface area contributed by atoms with E-state index < -0.39 is 6.09 Å². The van der Waals surface area contributed by atoms with Crippen LogP contribution in [0.2, 0.25) is 0 Å². The lowest BCUT2D eigenvalue weighted by Crippen LogP contribution is -2.15. The first kappa shape index (κ1) is 14.4. The molecule has 1 aromatic carbocycles. The minimum Gasteiger partial charge on any atom is -0.497 e. The third kappa shape index (κ3) is 4.28. The van der Waals surface area contributed by atoms with Crippen LogP contribution in [-0.2, 0) is 11.2 Å². The van der Waals surface area contributed by atoms with Crippen molar-refractivity contribution in [1.29, 1.82) is 0 Å². The summed E-state index contributed by atoms with van der Waals surface area (Å²) in [7, 11) is 1.60. The highest BCUT2D eigenvalue weighted by atomic mass is 16.5. The first-order valence-electron chi connectivity index (χ1n) is 6.17. The molecule has 1 aromatic rings. The molecule has 4 nitrogen and oxygen atoms in total. The molecule has 0 aromatic heterocycles. The molecule has 0 atom stereocenters. The minimum absolute atomic E-state index is 0.356. The molecule has 1 N–H and O–H groups in total. The number of hydrogen-bond donors (Lipinski definition) is 1. The quantitative estimate of drug-likeness (QED) is 0.871. The molecule has 1 rings (SSSR count). The van der Waals surface area contributed by atoms with Gasteiger partial charge in [-0.3, -0.25) is 5.32 Å². The Balaban J connectivity index is 2.92. The average molecular weight is 251 g/mol. The second-order valence-corrected chi connectivity index (χ2v) is 4.47.